The zero-order valence-corrected chi connectivity index (χ0v) is 12.8. The molecule has 0 spiro atoms. The third kappa shape index (κ3) is 3.97. The van der Waals surface area contributed by atoms with E-state index in [1.165, 1.54) is 11.0 Å². The zero-order chi connectivity index (χ0) is 15.9. The molecule has 2 aromatic rings. The van der Waals surface area contributed by atoms with Crippen molar-refractivity contribution in [1.29, 1.82) is 0 Å². The Balaban J connectivity index is 2.03. The summed E-state index contributed by atoms with van der Waals surface area (Å²) in [4.78, 5) is 25.2. The van der Waals surface area contributed by atoms with E-state index in [4.69, 9.17) is 4.42 Å². The van der Waals surface area contributed by atoms with Gasteiger partial charge in [0.15, 0.2) is 0 Å². The Kier molecular flexibility index (Phi) is 5.36. The molecule has 5 heteroatoms. The quantitative estimate of drug-likeness (QED) is 0.833. The molecule has 0 fully saturated rings. The SMILES string of the molecule is CCNC(=O)CN(CC)C(=O)/C=C/c1cc2ccccc2o1. The smallest absolute Gasteiger partial charge is 0.247 e. The molecule has 1 N–H and O–H groups in total. The number of rotatable bonds is 6. The van der Waals surface area contributed by atoms with E-state index < -0.39 is 0 Å². The second-order valence-electron chi connectivity index (χ2n) is 4.83. The van der Waals surface area contributed by atoms with Crippen molar-refractivity contribution in [3.63, 3.8) is 0 Å². The first-order valence-electron chi connectivity index (χ1n) is 7.36. The Hall–Kier alpha value is -2.56. The Morgan fingerprint density at radius 1 is 1.27 bits per heavy atom. The number of hydrogen-bond acceptors (Lipinski definition) is 3. The number of carbonyl (C=O) groups is 2. The number of furan rings is 1. The monoisotopic (exact) mass is 300 g/mol. The Bertz CT molecular complexity index is 655. The molecule has 0 unspecified atom stereocenters. The van der Waals surface area contributed by atoms with E-state index in [1.54, 1.807) is 6.08 Å². The highest BCUT2D eigenvalue weighted by Crippen LogP contribution is 2.19. The lowest BCUT2D eigenvalue weighted by Gasteiger charge is -2.18. The minimum absolute atomic E-state index is 0.0631. The normalized spacial score (nSPS) is 11.0. The first kappa shape index (κ1) is 15.8. The molecule has 0 aliphatic heterocycles. The Labute approximate surface area is 129 Å². The predicted molar refractivity (Wildman–Crippen MR) is 86.2 cm³/mol. The number of likely N-dealkylation sites (N-methyl/N-ethyl adjacent to an activating group) is 2. The van der Waals surface area contributed by atoms with E-state index in [0.717, 1.165) is 11.0 Å². The lowest BCUT2D eigenvalue weighted by Crippen LogP contribution is -2.39. The van der Waals surface area contributed by atoms with Gasteiger partial charge in [-0.1, -0.05) is 18.2 Å². The van der Waals surface area contributed by atoms with Crippen LogP contribution >= 0.6 is 0 Å². The number of nitrogens with zero attached hydrogens (tertiary/aromatic N) is 1. The first-order chi connectivity index (χ1) is 10.6. The Morgan fingerprint density at radius 2 is 2.05 bits per heavy atom. The number of para-hydroxylation sites is 1. The molecule has 22 heavy (non-hydrogen) atoms. The minimum atomic E-state index is -0.214. The molecule has 1 aromatic heterocycles. The van der Waals surface area contributed by atoms with Gasteiger partial charge in [0.1, 0.15) is 11.3 Å². The van der Waals surface area contributed by atoms with E-state index >= 15 is 0 Å². The van der Waals surface area contributed by atoms with Crippen molar-refractivity contribution in [1.82, 2.24) is 10.2 Å². The molecule has 0 aliphatic rings. The van der Waals surface area contributed by atoms with E-state index in [0.29, 0.717) is 18.8 Å². The van der Waals surface area contributed by atoms with Crippen LogP contribution < -0.4 is 5.32 Å². The molecule has 0 atom stereocenters. The van der Waals surface area contributed by atoms with Gasteiger partial charge in [-0.05, 0) is 32.1 Å². The average molecular weight is 300 g/mol. The molecule has 116 valence electrons. The summed E-state index contributed by atoms with van der Waals surface area (Å²) in [5.41, 5.74) is 0.782. The molecule has 1 aromatic carbocycles. The maximum Gasteiger partial charge on any atom is 0.247 e. The number of nitrogens with one attached hydrogen (secondary N) is 1. The van der Waals surface area contributed by atoms with Crippen molar-refractivity contribution < 1.29 is 14.0 Å². The van der Waals surface area contributed by atoms with Crippen molar-refractivity contribution >= 4 is 28.9 Å². The fourth-order valence-corrected chi connectivity index (χ4v) is 2.12. The molecular weight excluding hydrogens is 280 g/mol. The number of benzene rings is 1. The second-order valence-corrected chi connectivity index (χ2v) is 4.83. The maximum atomic E-state index is 12.1. The third-order valence-electron chi connectivity index (χ3n) is 3.24. The van der Waals surface area contributed by atoms with Gasteiger partial charge in [-0.2, -0.15) is 0 Å². The minimum Gasteiger partial charge on any atom is -0.457 e. The van der Waals surface area contributed by atoms with Gasteiger partial charge in [-0.25, -0.2) is 0 Å². The van der Waals surface area contributed by atoms with Gasteiger partial charge in [0.05, 0.1) is 6.54 Å². The van der Waals surface area contributed by atoms with Crippen LogP contribution in [0.2, 0.25) is 0 Å². The summed E-state index contributed by atoms with van der Waals surface area (Å²) in [5.74, 6) is 0.243. The third-order valence-corrected chi connectivity index (χ3v) is 3.24. The highest BCUT2D eigenvalue weighted by Gasteiger charge is 2.12. The average Bonchev–Trinajstić information content (AvgIpc) is 2.93. The molecule has 0 saturated heterocycles. The van der Waals surface area contributed by atoms with Crippen LogP contribution in [0.4, 0.5) is 0 Å². The molecule has 2 amide bonds. The van der Waals surface area contributed by atoms with Crippen molar-refractivity contribution in [3.05, 3.63) is 42.2 Å². The molecular formula is C17H20N2O3. The Morgan fingerprint density at radius 3 is 2.73 bits per heavy atom. The summed E-state index contributed by atoms with van der Waals surface area (Å²) in [6.45, 7) is 4.77. The molecule has 1 heterocycles. The van der Waals surface area contributed by atoms with E-state index in [2.05, 4.69) is 5.32 Å². The van der Waals surface area contributed by atoms with Crippen LogP contribution in [0.3, 0.4) is 0 Å². The molecule has 2 rings (SSSR count). The fourth-order valence-electron chi connectivity index (χ4n) is 2.12. The fraction of sp³-hybridized carbons (Fsp3) is 0.294. The summed E-state index contributed by atoms with van der Waals surface area (Å²) < 4.78 is 5.61. The van der Waals surface area contributed by atoms with Crippen LogP contribution in [0.5, 0.6) is 0 Å². The van der Waals surface area contributed by atoms with Crippen LogP contribution in [-0.2, 0) is 9.59 Å². The second kappa shape index (κ2) is 7.45. The first-order valence-corrected chi connectivity index (χ1v) is 7.36. The van der Waals surface area contributed by atoms with Gasteiger partial charge >= 0.3 is 0 Å². The lowest BCUT2D eigenvalue weighted by molar-refractivity contribution is -0.132. The van der Waals surface area contributed by atoms with Crippen LogP contribution in [0, 0.1) is 0 Å². The highest BCUT2D eigenvalue weighted by atomic mass is 16.3. The topological polar surface area (TPSA) is 62.6 Å². The van der Waals surface area contributed by atoms with Gasteiger partial charge in [0.25, 0.3) is 0 Å². The van der Waals surface area contributed by atoms with E-state index in [9.17, 15) is 9.59 Å². The number of amides is 2. The number of fused-ring (bicyclic) bond motifs is 1. The summed E-state index contributed by atoms with van der Waals surface area (Å²) in [6, 6.07) is 9.53. The lowest BCUT2D eigenvalue weighted by atomic mass is 10.2. The number of hydrogen-bond donors (Lipinski definition) is 1. The van der Waals surface area contributed by atoms with Crippen LogP contribution in [0.15, 0.2) is 40.8 Å². The zero-order valence-electron chi connectivity index (χ0n) is 12.8. The standard InChI is InChI=1S/C17H20N2O3/c1-3-18-16(20)12-19(4-2)17(21)10-9-14-11-13-7-5-6-8-15(13)22-14/h5-11H,3-4,12H2,1-2H3,(H,18,20)/b10-9+. The molecule has 0 radical (unpaired) electrons. The van der Waals surface area contributed by atoms with Gasteiger partial charge in [-0.3, -0.25) is 9.59 Å². The van der Waals surface area contributed by atoms with E-state index in [-0.39, 0.29) is 18.4 Å². The van der Waals surface area contributed by atoms with Crippen molar-refractivity contribution in [2.45, 2.75) is 13.8 Å². The molecule has 0 saturated carbocycles. The van der Waals surface area contributed by atoms with Gasteiger partial charge in [0, 0.05) is 24.6 Å². The maximum absolute atomic E-state index is 12.1. The van der Waals surface area contributed by atoms with E-state index in [1.807, 2.05) is 44.2 Å². The van der Waals surface area contributed by atoms with Crippen molar-refractivity contribution in [2.24, 2.45) is 0 Å². The van der Waals surface area contributed by atoms with Crippen LogP contribution in [-0.4, -0.2) is 36.3 Å². The van der Waals surface area contributed by atoms with Crippen molar-refractivity contribution in [3.8, 4) is 0 Å². The summed E-state index contributed by atoms with van der Waals surface area (Å²) in [5, 5.41) is 3.67. The van der Waals surface area contributed by atoms with Crippen LogP contribution in [0.1, 0.15) is 19.6 Å². The molecule has 0 aliphatic carbocycles. The summed E-state index contributed by atoms with van der Waals surface area (Å²) in [7, 11) is 0. The largest absolute Gasteiger partial charge is 0.457 e. The molecule has 0 bridgehead atoms. The molecule has 5 nitrogen and oxygen atoms in total. The summed E-state index contributed by atoms with van der Waals surface area (Å²) in [6.07, 6.45) is 3.06. The number of carbonyl (C=O) groups excluding carboxylic acids is 2. The highest BCUT2D eigenvalue weighted by molar-refractivity contribution is 5.94. The van der Waals surface area contributed by atoms with Gasteiger partial charge in [-0.15, -0.1) is 0 Å². The predicted octanol–water partition coefficient (Wildman–Crippen LogP) is 2.43. The van der Waals surface area contributed by atoms with Gasteiger partial charge in [0.2, 0.25) is 11.8 Å². The van der Waals surface area contributed by atoms with Crippen LogP contribution in [0.25, 0.3) is 17.0 Å². The van der Waals surface area contributed by atoms with Crippen molar-refractivity contribution in [2.75, 3.05) is 19.6 Å². The summed E-state index contributed by atoms with van der Waals surface area (Å²) >= 11 is 0. The van der Waals surface area contributed by atoms with Gasteiger partial charge < -0.3 is 14.6 Å².